The fourth-order valence-electron chi connectivity index (χ4n) is 1.82. The Hall–Kier alpha value is -1.26. The third-order valence-corrected chi connectivity index (χ3v) is 3.01. The van der Waals surface area contributed by atoms with E-state index in [4.69, 9.17) is 16.3 Å². The Labute approximate surface area is 119 Å². The molecule has 19 heavy (non-hydrogen) atoms. The van der Waals surface area contributed by atoms with Crippen molar-refractivity contribution in [3.05, 3.63) is 28.3 Å². The van der Waals surface area contributed by atoms with E-state index in [1.54, 1.807) is 7.11 Å². The number of nitrogens with one attached hydrogen (secondary N) is 2. The molecule has 1 aromatic carbocycles. The van der Waals surface area contributed by atoms with Crippen LogP contribution in [0.3, 0.4) is 0 Å². The van der Waals surface area contributed by atoms with Crippen LogP contribution >= 0.6 is 11.6 Å². The van der Waals surface area contributed by atoms with Crippen molar-refractivity contribution in [3.8, 4) is 0 Å². The van der Waals surface area contributed by atoms with Gasteiger partial charge in [-0.05, 0) is 31.0 Å². The molecule has 0 spiro atoms. The van der Waals surface area contributed by atoms with Crippen LogP contribution in [-0.2, 0) is 9.53 Å². The SMILES string of the molecule is COCCNC(=O)CCNc1c(C)cc(C)cc1Cl. The summed E-state index contributed by atoms with van der Waals surface area (Å²) < 4.78 is 4.86. The lowest BCUT2D eigenvalue weighted by Crippen LogP contribution is -2.28. The Kier molecular flexibility index (Phi) is 6.67. The standard InChI is InChI=1S/C14H21ClN2O2/c1-10-8-11(2)14(12(15)9-10)17-5-4-13(18)16-6-7-19-3/h8-9,17H,4-7H2,1-3H3,(H,16,18). The van der Waals surface area contributed by atoms with Gasteiger partial charge in [0.2, 0.25) is 5.91 Å². The van der Waals surface area contributed by atoms with Crippen molar-refractivity contribution in [1.29, 1.82) is 0 Å². The molecule has 0 aromatic heterocycles. The second-order valence-electron chi connectivity index (χ2n) is 4.46. The average Bonchev–Trinajstić information content (AvgIpc) is 2.32. The summed E-state index contributed by atoms with van der Waals surface area (Å²) in [6.07, 6.45) is 0.410. The predicted octanol–water partition coefficient (Wildman–Crippen LogP) is 2.52. The number of carbonyl (C=O) groups is 1. The molecule has 0 saturated heterocycles. The number of benzene rings is 1. The molecule has 1 aromatic rings. The van der Waals surface area contributed by atoms with Crippen LogP contribution in [-0.4, -0.2) is 32.7 Å². The highest BCUT2D eigenvalue weighted by molar-refractivity contribution is 6.33. The molecule has 0 unspecified atom stereocenters. The highest BCUT2D eigenvalue weighted by Gasteiger charge is 2.06. The zero-order valence-electron chi connectivity index (χ0n) is 11.7. The maximum atomic E-state index is 11.5. The van der Waals surface area contributed by atoms with Crippen LogP contribution in [0.15, 0.2) is 12.1 Å². The van der Waals surface area contributed by atoms with Crippen molar-refractivity contribution >= 4 is 23.2 Å². The van der Waals surface area contributed by atoms with Gasteiger partial charge in [0.05, 0.1) is 17.3 Å². The molecule has 0 aliphatic carbocycles. The second-order valence-corrected chi connectivity index (χ2v) is 4.87. The molecule has 1 rings (SSSR count). The van der Waals surface area contributed by atoms with E-state index >= 15 is 0 Å². The van der Waals surface area contributed by atoms with Gasteiger partial charge in [-0.3, -0.25) is 4.79 Å². The lowest BCUT2D eigenvalue weighted by Gasteiger charge is -2.12. The maximum absolute atomic E-state index is 11.5. The van der Waals surface area contributed by atoms with Gasteiger partial charge in [-0.15, -0.1) is 0 Å². The third-order valence-electron chi connectivity index (χ3n) is 2.71. The number of carbonyl (C=O) groups excluding carboxylic acids is 1. The van der Waals surface area contributed by atoms with Gasteiger partial charge in [0.15, 0.2) is 0 Å². The first-order chi connectivity index (χ1) is 9.04. The zero-order valence-corrected chi connectivity index (χ0v) is 12.4. The number of rotatable bonds is 7. The summed E-state index contributed by atoms with van der Waals surface area (Å²) in [6.45, 7) is 5.63. The lowest BCUT2D eigenvalue weighted by atomic mass is 10.1. The molecule has 1 amide bonds. The van der Waals surface area contributed by atoms with Gasteiger partial charge in [0, 0.05) is 26.6 Å². The molecule has 0 aliphatic heterocycles. The van der Waals surface area contributed by atoms with Crippen LogP contribution in [0.2, 0.25) is 5.02 Å². The van der Waals surface area contributed by atoms with Crippen molar-refractivity contribution in [3.63, 3.8) is 0 Å². The van der Waals surface area contributed by atoms with Crippen LogP contribution < -0.4 is 10.6 Å². The Balaban J connectivity index is 2.39. The summed E-state index contributed by atoms with van der Waals surface area (Å²) in [7, 11) is 1.61. The van der Waals surface area contributed by atoms with Gasteiger partial charge >= 0.3 is 0 Å². The maximum Gasteiger partial charge on any atom is 0.221 e. The molecule has 106 valence electrons. The van der Waals surface area contributed by atoms with E-state index in [0.717, 1.165) is 16.8 Å². The largest absolute Gasteiger partial charge is 0.383 e. The molecule has 0 aliphatic rings. The van der Waals surface area contributed by atoms with Gasteiger partial charge in [-0.25, -0.2) is 0 Å². The number of methoxy groups -OCH3 is 1. The van der Waals surface area contributed by atoms with E-state index in [1.807, 2.05) is 19.9 Å². The number of amides is 1. The van der Waals surface area contributed by atoms with E-state index < -0.39 is 0 Å². The van der Waals surface area contributed by atoms with Crippen molar-refractivity contribution in [1.82, 2.24) is 5.32 Å². The highest BCUT2D eigenvalue weighted by Crippen LogP contribution is 2.27. The Morgan fingerprint density at radius 1 is 1.32 bits per heavy atom. The third kappa shape index (κ3) is 5.49. The summed E-state index contributed by atoms with van der Waals surface area (Å²) in [5, 5.41) is 6.67. The van der Waals surface area contributed by atoms with Gasteiger partial charge in [-0.1, -0.05) is 17.7 Å². The minimum atomic E-state index is 0.00503. The van der Waals surface area contributed by atoms with Crippen LogP contribution in [0.25, 0.3) is 0 Å². The van der Waals surface area contributed by atoms with Gasteiger partial charge in [-0.2, -0.15) is 0 Å². The first-order valence-corrected chi connectivity index (χ1v) is 6.68. The summed E-state index contributed by atoms with van der Waals surface area (Å²) in [5.74, 6) is 0.00503. The number of ether oxygens (including phenoxy) is 1. The van der Waals surface area contributed by atoms with E-state index in [9.17, 15) is 4.79 Å². The molecule has 0 radical (unpaired) electrons. The van der Waals surface area contributed by atoms with Gasteiger partial charge < -0.3 is 15.4 Å². The van der Waals surface area contributed by atoms with Gasteiger partial charge in [0.25, 0.3) is 0 Å². The van der Waals surface area contributed by atoms with E-state index in [2.05, 4.69) is 16.7 Å². The minimum absolute atomic E-state index is 0.00503. The number of aryl methyl sites for hydroxylation is 2. The normalized spacial score (nSPS) is 10.3. The van der Waals surface area contributed by atoms with Crippen LogP contribution in [0.5, 0.6) is 0 Å². The number of anilines is 1. The Morgan fingerprint density at radius 3 is 2.68 bits per heavy atom. The van der Waals surface area contributed by atoms with Crippen LogP contribution in [0.1, 0.15) is 17.5 Å². The second kappa shape index (κ2) is 8.02. The highest BCUT2D eigenvalue weighted by atomic mass is 35.5. The Morgan fingerprint density at radius 2 is 2.05 bits per heavy atom. The Bertz CT molecular complexity index is 412. The predicted molar refractivity (Wildman–Crippen MR) is 78.9 cm³/mol. The molecule has 0 bridgehead atoms. The van der Waals surface area contributed by atoms with Crippen molar-refractivity contribution < 1.29 is 9.53 Å². The summed E-state index contributed by atoms with van der Waals surface area (Å²) in [4.78, 5) is 11.5. The molecular formula is C14H21ClN2O2. The molecule has 0 atom stereocenters. The number of hydrogen-bond donors (Lipinski definition) is 2. The number of halogens is 1. The molecule has 2 N–H and O–H groups in total. The molecular weight excluding hydrogens is 264 g/mol. The summed E-state index contributed by atoms with van der Waals surface area (Å²) in [6, 6.07) is 3.97. The average molecular weight is 285 g/mol. The van der Waals surface area contributed by atoms with E-state index in [-0.39, 0.29) is 5.91 Å². The topological polar surface area (TPSA) is 50.4 Å². The van der Waals surface area contributed by atoms with E-state index in [1.165, 1.54) is 0 Å². The van der Waals surface area contributed by atoms with E-state index in [0.29, 0.717) is 31.1 Å². The lowest BCUT2D eigenvalue weighted by molar-refractivity contribution is -0.121. The first kappa shape index (κ1) is 15.8. The monoisotopic (exact) mass is 284 g/mol. The fourth-order valence-corrected chi connectivity index (χ4v) is 2.21. The first-order valence-electron chi connectivity index (χ1n) is 6.31. The quantitative estimate of drug-likeness (QED) is 0.757. The number of hydrogen-bond acceptors (Lipinski definition) is 3. The molecule has 0 saturated carbocycles. The molecule has 0 fully saturated rings. The molecule has 5 heteroatoms. The summed E-state index contributed by atoms with van der Waals surface area (Å²) >= 11 is 6.17. The fraction of sp³-hybridized carbons (Fsp3) is 0.500. The molecule has 0 heterocycles. The van der Waals surface area contributed by atoms with Crippen molar-refractivity contribution in [2.24, 2.45) is 0 Å². The van der Waals surface area contributed by atoms with Crippen LogP contribution in [0.4, 0.5) is 5.69 Å². The summed E-state index contributed by atoms with van der Waals surface area (Å²) in [5.41, 5.74) is 3.12. The zero-order chi connectivity index (χ0) is 14.3. The minimum Gasteiger partial charge on any atom is -0.383 e. The smallest absolute Gasteiger partial charge is 0.221 e. The molecule has 4 nitrogen and oxygen atoms in total. The van der Waals surface area contributed by atoms with Crippen LogP contribution in [0, 0.1) is 13.8 Å². The van der Waals surface area contributed by atoms with Crippen molar-refractivity contribution in [2.75, 3.05) is 32.1 Å². The van der Waals surface area contributed by atoms with Gasteiger partial charge in [0.1, 0.15) is 0 Å². The van der Waals surface area contributed by atoms with Crippen molar-refractivity contribution in [2.45, 2.75) is 20.3 Å².